The van der Waals surface area contributed by atoms with E-state index in [0.717, 1.165) is 0 Å². The molecule has 0 saturated carbocycles. The van der Waals surface area contributed by atoms with Gasteiger partial charge in [-0.25, -0.2) is 4.79 Å². The molecule has 0 saturated heterocycles. The van der Waals surface area contributed by atoms with Crippen LogP contribution in [-0.2, 0) is 9.53 Å². The smallest absolute Gasteiger partial charge is 0.410 e. The molecule has 1 unspecified atom stereocenters. The highest BCUT2D eigenvalue weighted by Gasteiger charge is 2.26. The van der Waals surface area contributed by atoms with Crippen molar-refractivity contribution in [2.45, 2.75) is 66.2 Å². The average Bonchev–Trinajstić information content (AvgIpc) is 2.55. The Kier molecular flexibility index (Phi) is 8.63. The maximum absolute atomic E-state index is 12.4. The standard InChI is InChI=1S/C21H32N2O6/c1-13(2)23(20(27)29-21(5,6)7)11-17(26)12-28-19-9-8-16(22-15(4)25)10-18(19)14(3)24/h8-10,13,17,26H,11-12H2,1-7H3,(H,22,25). The number of ether oxygens (including phenoxy) is 2. The molecular formula is C21H32N2O6. The molecule has 2 N–H and O–H groups in total. The number of hydrogen-bond donors (Lipinski definition) is 2. The summed E-state index contributed by atoms with van der Waals surface area (Å²) in [6, 6.07) is 4.51. The maximum Gasteiger partial charge on any atom is 0.410 e. The van der Waals surface area contributed by atoms with Crippen molar-refractivity contribution in [3.05, 3.63) is 23.8 Å². The number of carbonyl (C=O) groups excluding carboxylic acids is 3. The zero-order valence-electron chi connectivity index (χ0n) is 18.2. The molecule has 0 aromatic heterocycles. The molecule has 1 aromatic carbocycles. The van der Waals surface area contributed by atoms with E-state index in [0.29, 0.717) is 11.4 Å². The van der Waals surface area contributed by atoms with Crippen molar-refractivity contribution < 1.29 is 29.0 Å². The largest absolute Gasteiger partial charge is 0.490 e. The predicted molar refractivity (Wildman–Crippen MR) is 110 cm³/mol. The number of aliphatic hydroxyl groups is 1. The fraction of sp³-hybridized carbons (Fsp3) is 0.571. The quantitative estimate of drug-likeness (QED) is 0.640. The molecule has 0 fully saturated rings. The van der Waals surface area contributed by atoms with Gasteiger partial charge in [0.25, 0.3) is 0 Å². The van der Waals surface area contributed by atoms with E-state index in [-0.39, 0.29) is 36.4 Å². The molecule has 2 amide bonds. The van der Waals surface area contributed by atoms with Gasteiger partial charge in [0.1, 0.15) is 24.1 Å². The number of ketones is 1. The zero-order valence-corrected chi connectivity index (χ0v) is 18.2. The molecule has 8 nitrogen and oxygen atoms in total. The Hall–Kier alpha value is -2.61. The van der Waals surface area contributed by atoms with Crippen LogP contribution < -0.4 is 10.1 Å². The summed E-state index contributed by atoms with van der Waals surface area (Å²) >= 11 is 0. The summed E-state index contributed by atoms with van der Waals surface area (Å²) in [4.78, 5) is 36.9. The van der Waals surface area contributed by atoms with Crippen LogP contribution in [0.2, 0.25) is 0 Å². The van der Waals surface area contributed by atoms with Gasteiger partial charge in [0.15, 0.2) is 5.78 Å². The topological polar surface area (TPSA) is 105 Å². The fourth-order valence-electron chi connectivity index (χ4n) is 2.49. The average molecular weight is 408 g/mol. The Labute approximate surface area is 172 Å². The minimum absolute atomic E-state index is 0.0198. The first-order valence-electron chi connectivity index (χ1n) is 9.53. The lowest BCUT2D eigenvalue weighted by Crippen LogP contribution is -2.46. The van der Waals surface area contributed by atoms with Crippen molar-refractivity contribution in [2.24, 2.45) is 0 Å². The molecule has 0 aliphatic heterocycles. The van der Waals surface area contributed by atoms with Gasteiger partial charge in [0, 0.05) is 18.7 Å². The molecule has 1 aromatic rings. The van der Waals surface area contributed by atoms with Crippen LogP contribution in [0, 0.1) is 0 Å². The number of aliphatic hydroxyl groups excluding tert-OH is 1. The Morgan fingerprint density at radius 1 is 1.17 bits per heavy atom. The van der Waals surface area contributed by atoms with Crippen molar-refractivity contribution in [1.82, 2.24) is 4.90 Å². The van der Waals surface area contributed by atoms with Crippen molar-refractivity contribution in [3.8, 4) is 5.75 Å². The summed E-state index contributed by atoms with van der Waals surface area (Å²) in [5.74, 6) is -0.196. The Morgan fingerprint density at radius 3 is 2.28 bits per heavy atom. The Bertz CT molecular complexity index is 739. The molecule has 8 heteroatoms. The lowest BCUT2D eigenvalue weighted by atomic mass is 10.1. The van der Waals surface area contributed by atoms with Crippen molar-refractivity contribution >= 4 is 23.5 Å². The molecular weight excluding hydrogens is 376 g/mol. The summed E-state index contributed by atoms with van der Waals surface area (Å²) in [5, 5.41) is 13.0. The van der Waals surface area contributed by atoms with Crippen LogP contribution in [0.5, 0.6) is 5.75 Å². The van der Waals surface area contributed by atoms with Gasteiger partial charge in [0.2, 0.25) is 5.91 Å². The van der Waals surface area contributed by atoms with Crippen LogP contribution in [0.3, 0.4) is 0 Å². The summed E-state index contributed by atoms with van der Waals surface area (Å²) in [5.41, 5.74) is 0.125. The SMILES string of the molecule is CC(=O)Nc1ccc(OCC(O)CN(C(=O)OC(C)(C)C)C(C)C)c(C(C)=O)c1. The minimum atomic E-state index is -0.986. The maximum atomic E-state index is 12.4. The third-order valence-corrected chi connectivity index (χ3v) is 3.77. The van der Waals surface area contributed by atoms with E-state index in [1.807, 2.05) is 13.8 Å². The van der Waals surface area contributed by atoms with E-state index in [4.69, 9.17) is 9.47 Å². The normalized spacial score (nSPS) is 12.3. The number of nitrogens with zero attached hydrogens (tertiary/aromatic N) is 1. The van der Waals surface area contributed by atoms with Crippen molar-refractivity contribution in [2.75, 3.05) is 18.5 Å². The van der Waals surface area contributed by atoms with Gasteiger partial charge in [-0.05, 0) is 59.7 Å². The number of Topliss-reactive ketones (excluding diaryl/α,β-unsaturated/α-hetero) is 1. The lowest BCUT2D eigenvalue weighted by molar-refractivity contribution is -0.114. The number of carbonyl (C=O) groups is 3. The minimum Gasteiger partial charge on any atom is -0.490 e. The number of rotatable bonds is 8. The van der Waals surface area contributed by atoms with Crippen LogP contribution in [0.4, 0.5) is 10.5 Å². The highest BCUT2D eigenvalue weighted by atomic mass is 16.6. The van der Waals surface area contributed by atoms with Gasteiger partial charge in [0.05, 0.1) is 12.1 Å². The second-order valence-electron chi connectivity index (χ2n) is 8.14. The highest BCUT2D eigenvalue weighted by Crippen LogP contribution is 2.24. The van der Waals surface area contributed by atoms with Crippen LogP contribution in [0.1, 0.15) is 58.8 Å². The van der Waals surface area contributed by atoms with Crippen molar-refractivity contribution in [1.29, 1.82) is 0 Å². The van der Waals surface area contributed by atoms with Crippen molar-refractivity contribution in [3.63, 3.8) is 0 Å². The third-order valence-electron chi connectivity index (χ3n) is 3.77. The van der Waals surface area contributed by atoms with Crippen LogP contribution in [0.25, 0.3) is 0 Å². The molecule has 0 aliphatic rings. The zero-order chi connectivity index (χ0) is 22.4. The van der Waals surface area contributed by atoms with Crippen LogP contribution in [0.15, 0.2) is 18.2 Å². The molecule has 0 radical (unpaired) electrons. The summed E-state index contributed by atoms with van der Waals surface area (Å²) in [6.45, 7) is 11.6. The summed E-state index contributed by atoms with van der Waals surface area (Å²) in [6.07, 6.45) is -1.50. The van der Waals surface area contributed by atoms with E-state index in [2.05, 4.69) is 5.32 Å². The first-order valence-corrected chi connectivity index (χ1v) is 9.53. The molecule has 0 heterocycles. The molecule has 0 bridgehead atoms. The molecule has 1 rings (SSSR count). The lowest BCUT2D eigenvalue weighted by Gasteiger charge is -2.31. The Morgan fingerprint density at radius 2 is 1.79 bits per heavy atom. The molecule has 0 aliphatic carbocycles. The van der Waals surface area contributed by atoms with E-state index >= 15 is 0 Å². The number of amides is 2. The molecule has 29 heavy (non-hydrogen) atoms. The number of hydrogen-bond acceptors (Lipinski definition) is 6. The number of nitrogens with one attached hydrogen (secondary N) is 1. The van der Waals surface area contributed by atoms with Gasteiger partial charge in [-0.1, -0.05) is 0 Å². The van der Waals surface area contributed by atoms with Gasteiger partial charge < -0.3 is 24.8 Å². The first-order chi connectivity index (χ1) is 13.3. The monoisotopic (exact) mass is 408 g/mol. The number of anilines is 1. The van der Waals surface area contributed by atoms with Gasteiger partial charge in [-0.3, -0.25) is 9.59 Å². The van der Waals surface area contributed by atoms with E-state index in [1.165, 1.54) is 24.8 Å². The molecule has 1 atom stereocenters. The molecule has 162 valence electrons. The van der Waals surface area contributed by atoms with Crippen LogP contribution >= 0.6 is 0 Å². The number of benzene rings is 1. The Balaban J connectivity index is 2.82. The van der Waals surface area contributed by atoms with Gasteiger partial charge in [-0.15, -0.1) is 0 Å². The van der Waals surface area contributed by atoms with E-state index < -0.39 is 17.8 Å². The second kappa shape index (κ2) is 10.2. The van der Waals surface area contributed by atoms with E-state index in [1.54, 1.807) is 32.9 Å². The first kappa shape index (κ1) is 24.4. The second-order valence-corrected chi connectivity index (χ2v) is 8.14. The fourth-order valence-corrected chi connectivity index (χ4v) is 2.49. The van der Waals surface area contributed by atoms with Crippen LogP contribution in [-0.4, -0.2) is 58.7 Å². The predicted octanol–water partition coefficient (Wildman–Crippen LogP) is 3.23. The van der Waals surface area contributed by atoms with Gasteiger partial charge >= 0.3 is 6.09 Å². The summed E-state index contributed by atoms with van der Waals surface area (Å²) in [7, 11) is 0. The highest BCUT2D eigenvalue weighted by molar-refractivity contribution is 5.99. The van der Waals surface area contributed by atoms with E-state index in [9.17, 15) is 19.5 Å². The molecule has 0 spiro atoms. The third kappa shape index (κ3) is 8.51. The van der Waals surface area contributed by atoms with Gasteiger partial charge in [-0.2, -0.15) is 0 Å². The summed E-state index contributed by atoms with van der Waals surface area (Å²) < 4.78 is 11.0.